The molecule has 0 radical (unpaired) electrons. The second kappa shape index (κ2) is 10.0. The molecule has 160 valence electrons. The van der Waals surface area contributed by atoms with Crippen LogP contribution < -0.4 is 4.74 Å². The molecule has 0 saturated carbocycles. The van der Waals surface area contributed by atoms with Gasteiger partial charge in [-0.1, -0.05) is 15.9 Å². The van der Waals surface area contributed by atoms with Gasteiger partial charge in [-0.2, -0.15) is 0 Å². The minimum atomic E-state index is -1.97. The van der Waals surface area contributed by atoms with Crippen LogP contribution in [0, 0.1) is 6.92 Å². The van der Waals surface area contributed by atoms with E-state index in [0.717, 1.165) is 18.3 Å². The Morgan fingerprint density at radius 2 is 1.69 bits per heavy atom. The van der Waals surface area contributed by atoms with E-state index in [1.165, 1.54) is 6.92 Å². The first-order valence-corrected chi connectivity index (χ1v) is 9.58. The van der Waals surface area contributed by atoms with Crippen molar-refractivity contribution in [3.05, 3.63) is 28.2 Å². The maximum Gasteiger partial charge on any atom is 0.303 e. The third kappa shape index (κ3) is 6.40. The Balaban J connectivity index is 2.32. The van der Waals surface area contributed by atoms with Crippen molar-refractivity contribution in [1.82, 2.24) is 0 Å². The van der Waals surface area contributed by atoms with E-state index in [9.17, 15) is 14.4 Å². The molecule has 1 aromatic carbocycles. The summed E-state index contributed by atoms with van der Waals surface area (Å²) in [6.45, 7) is 4.82. The van der Waals surface area contributed by atoms with Crippen LogP contribution >= 0.6 is 15.9 Å². The van der Waals surface area contributed by atoms with E-state index in [0.29, 0.717) is 11.3 Å². The van der Waals surface area contributed by atoms with Crippen LogP contribution in [0.25, 0.3) is 0 Å². The summed E-state index contributed by atoms with van der Waals surface area (Å²) in [5.74, 6) is -1.78. The molecular formula is C19H22BrFO8. The fraction of sp³-hybridized carbons (Fsp3) is 0.526. The van der Waals surface area contributed by atoms with E-state index in [1.54, 1.807) is 25.1 Å². The molecule has 1 aliphatic rings. The Morgan fingerprint density at radius 1 is 1.07 bits per heavy atom. The third-order valence-corrected chi connectivity index (χ3v) is 4.50. The summed E-state index contributed by atoms with van der Waals surface area (Å²) in [5.41, 5.74) is 0.706. The van der Waals surface area contributed by atoms with Crippen molar-refractivity contribution in [1.29, 1.82) is 0 Å². The number of hydrogen-bond acceptors (Lipinski definition) is 8. The summed E-state index contributed by atoms with van der Waals surface area (Å²) in [5, 5.41) is 0. The number of esters is 3. The quantitative estimate of drug-likeness (QED) is 0.456. The molecule has 1 saturated heterocycles. The fourth-order valence-electron chi connectivity index (χ4n) is 2.83. The molecular weight excluding hydrogens is 455 g/mol. The lowest BCUT2D eigenvalue weighted by molar-refractivity contribution is -0.271. The normalized spacial score (nSPS) is 26.3. The average Bonchev–Trinajstić information content (AvgIpc) is 2.60. The molecule has 1 fully saturated rings. The molecule has 10 heteroatoms. The largest absolute Gasteiger partial charge is 0.463 e. The lowest BCUT2D eigenvalue weighted by atomic mass is 9.99. The van der Waals surface area contributed by atoms with Crippen LogP contribution in [0.1, 0.15) is 26.3 Å². The number of benzene rings is 1. The Kier molecular flexibility index (Phi) is 7.97. The zero-order chi connectivity index (χ0) is 21.7. The number of ether oxygens (including phenoxy) is 5. The average molecular weight is 477 g/mol. The number of carbonyl (C=O) groups excluding carboxylic acids is 3. The number of alkyl halides is 1. The molecule has 0 aromatic heterocycles. The summed E-state index contributed by atoms with van der Waals surface area (Å²) in [6.07, 6.45) is -7.41. The summed E-state index contributed by atoms with van der Waals surface area (Å²) in [6, 6.07) is 5.10. The van der Waals surface area contributed by atoms with Gasteiger partial charge in [0.05, 0.1) is 0 Å². The minimum Gasteiger partial charge on any atom is -0.463 e. The molecule has 0 amide bonds. The van der Waals surface area contributed by atoms with Crippen LogP contribution in [-0.4, -0.2) is 55.3 Å². The van der Waals surface area contributed by atoms with E-state index in [-0.39, 0.29) is 6.61 Å². The van der Waals surface area contributed by atoms with Crippen LogP contribution in [0.2, 0.25) is 0 Å². The summed E-state index contributed by atoms with van der Waals surface area (Å²) < 4.78 is 42.4. The summed E-state index contributed by atoms with van der Waals surface area (Å²) in [7, 11) is 0. The highest BCUT2D eigenvalue weighted by atomic mass is 79.9. The lowest BCUT2D eigenvalue weighted by Gasteiger charge is -2.41. The van der Waals surface area contributed by atoms with E-state index >= 15 is 4.39 Å². The predicted octanol–water partition coefficient (Wildman–Crippen LogP) is 2.63. The van der Waals surface area contributed by atoms with Gasteiger partial charge in [-0.05, 0) is 30.7 Å². The topological polar surface area (TPSA) is 97.4 Å². The number of rotatable bonds is 6. The van der Waals surface area contributed by atoms with Gasteiger partial charge in [0.1, 0.15) is 18.5 Å². The highest BCUT2D eigenvalue weighted by molar-refractivity contribution is 9.10. The van der Waals surface area contributed by atoms with E-state index in [2.05, 4.69) is 15.9 Å². The summed E-state index contributed by atoms with van der Waals surface area (Å²) >= 11 is 3.33. The van der Waals surface area contributed by atoms with Gasteiger partial charge in [0.2, 0.25) is 12.5 Å². The first-order chi connectivity index (χ1) is 13.6. The number of halogens is 2. The standard InChI is InChI=1S/C19H22BrFO8/c1-9-7-13(20)5-6-14(9)28-19-16(21)18(27-12(4)24)17(26-11(3)23)15(29-19)8-25-10(2)22/h5-7,15-19H,8H2,1-4H3. The Morgan fingerprint density at radius 3 is 2.24 bits per heavy atom. The first-order valence-electron chi connectivity index (χ1n) is 8.78. The monoisotopic (exact) mass is 476 g/mol. The number of aryl methyl sites for hydroxylation is 1. The molecule has 5 unspecified atom stereocenters. The van der Waals surface area contributed by atoms with Crippen molar-refractivity contribution in [3.8, 4) is 5.75 Å². The van der Waals surface area contributed by atoms with Crippen molar-refractivity contribution in [2.24, 2.45) is 0 Å². The Bertz CT molecular complexity index is 771. The Labute approximate surface area is 175 Å². The van der Waals surface area contributed by atoms with Crippen LogP contribution in [0.3, 0.4) is 0 Å². The van der Waals surface area contributed by atoms with Gasteiger partial charge in [-0.3, -0.25) is 14.4 Å². The SMILES string of the molecule is CC(=O)OCC1OC(Oc2ccc(Br)cc2C)C(F)C(OC(C)=O)C1OC(C)=O. The number of carbonyl (C=O) groups is 3. The molecule has 1 aromatic rings. The number of hydrogen-bond donors (Lipinski definition) is 0. The van der Waals surface area contributed by atoms with E-state index in [1.807, 2.05) is 0 Å². The minimum absolute atomic E-state index is 0.347. The molecule has 5 atom stereocenters. The molecule has 1 heterocycles. The van der Waals surface area contributed by atoms with Crippen LogP contribution in [0.15, 0.2) is 22.7 Å². The molecule has 0 bridgehead atoms. The zero-order valence-electron chi connectivity index (χ0n) is 16.3. The zero-order valence-corrected chi connectivity index (χ0v) is 17.9. The summed E-state index contributed by atoms with van der Waals surface area (Å²) in [4.78, 5) is 34.2. The molecule has 8 nitrogen and oxygen atoms in total. The van der Waals surface area contributed by atoms with Crippen LogP contribution in [0.4, 0.5) is 4.39 Å². The third-order valence-electron chi connectivity index (χ3n) is 4.01. The van der Waals surface area contributed by atoms with Crippen molar-refractivity contribution in [2.45, 2.75) is 58.5 Å². The van der Waals surface area contributed by atoms with Crippen molar-refractivity contribution >= 4 is 33.8 Å². The molecule has 0 N–H and O–H groups in total. The van der Waals surface area contributed by atoms with Crippen LogP contribution in [0.5, 0.6) is 5.75 Å². The lowest BCUT2D eigenvalue weighted by Crippen LogP contribution is -2.61. The smallest absolute Gasteiger partial charge is 0.303 e. The van der Waals surface area contributed by atoms with Gasteiger partial charge in [-0.15, -0.1) is 0 Å². The van der Waals surface area contributed by atoms with Gasteiger partial charge >= 0.3 is 17.9 Å². The van der Waals surface area contributed by atoms with E-state index in [4.69, 9.17) is 23.7 Å². The van der Waals surface area contributed by atoms with Gasteiger partial charge < -0.3 is 23.7 Å². The molecule has 0 aliphatic carbocycles. The maximum absolute atomic E-state index is 15.2. The van der Waals surface area contributed by atoms with Crippen molar-refractivity contribution in [3.63, 3.8) is 0 Å². The second-order valence-electron chi connectivity index (χ2n) is 6.47. The first kappa shape index (κ1) is 23.1. The van der Waals surface area contributed by atoms with Gasteiger partial charge in [-0.25, -0.2) is 4.39 Å². The maximum atomic E-state index is 15.2. The van der Waals surface area contributed by atoms with Gasteiger partial charge in [0, 0.05) is 25.2 Å². The Hall–Kier alpha value is -2.20. The molecule has 1 aliphatic heterocycles. The van der Waals surface area contributed by atoms with E-state index < -0.39 is 48.7 Å². The second-order valence-corrected chi connectivity index (χ2v) is 7.38. The molecule has 2 rings (SSSR count). The van der Waals surface area contributed by atoms with Crippen molar-refractivity contribution < 1.29 is 42.5 Å². The molecule has 29 heavy (non-hydrogen) atoms. The van der Waals surface area contributed by atoms with Crippen molar-refractivity contribution in [2.75, 3.05) is 6.61 Å². The highest BCUT2D eigenvalue weighted by Gasteiger charge is 2.52. The van der Waals surface area contributed by atoms with Crippen LogP contribution in [-0.2, 0) is 33.3 Å². The van der Waals surface area contributed by atoms with Gasteiger partial charge in [0.25, 0.3) is 0 Å². The fourth-order valence-corrected chi connectivity index (χ4v) is 3.30. The predicted molar refractivity (Wildman–Crippen MR) is 101 cm³/mol. The van der Waals surface area contributed by atoms with Gasteiger partial charge in [0.15, 0.2) is 12.2 Å². The highest BCUT2D eigenvalue weighted by Crippen LogP contribution is 2.32. The molecule has 0 spiro atoms.